The molecule has 0 aliphatic heterocycles. The Morgan fingerprint density at radius 1 is 1.56 bits per heavy atom. The molecule has 1 fully saturated rings. The van der Waals surface area contributed by atoms with Crippen LogP contribution in [-0.2, 0) is 4.79 Å². The van der Waals surface area contributed by atoms with Gasteiger partial charge in [0.25, 0.3) is 0 Å². The van der Waals surface area contributed by atoms with E-state index in [1.807, 2.05) is 6.92 Å². The van der Waals surface area contributed by atoms with Crippen molar-refractivity contribution < 1.29 is 9.90 Å². The Labute approximate surface area is 98.7 Å². The predicted octanol–water partition coefficient (Wildman–Crippen LogP) is 3.24. The molecule has 1 aliphatic carbocycles. The van der Waals surface area contributed by atoms with Gasteiger partial charge in [0, 0.05) is 12.8 Å². The number of aliphatic hydroxyl groups is 1. The summed E-state index contributed by atoms with van der Waals surface area (Å²) in [6.45, 7) is 4.03. The molecule has 0 spiro atoms. The molecule has 0 amide bonds. The molecule has 92 valence electrons. The van der Waals surface area contributed by atoms with Gasteiger partial charge >= 0.3 is 0 Å². The summed E-state index contributed by atoms with van der Waals surface area (Å²) >= 11 is 0. The Hall–Kier alpha value is -0.630. The van der Waals surface area contributed by atoms with Crippen molar-refractivity contribution in [2.45, 2.75) is 64.4 Å². The lowest BCUT2D eigenvalue weighted by atomic mass is 9.94. The molecule has 1 rings (SSSR count). The van der Waals surface area contributed by atoms with Gasteiger partial charge in [-0.2, -0.15) is 0 Å². The third-order valence-corrected chi connectivity index (χ3v) is 3.32. The number of Topliss-reactive ketones (excluding diaryl/α,β-unsaturated/α-hetero) is 1. The zero-order valence-electron chi connectivity index (χ0n) is 10.5. The van der Waals surface area contributed by atoms with E-state index in [2.05, 4.69) is 19.1 Å². The molecule has 0 bridgehead atoms. The fraction of sp³-hybridized carbons (Fsp3) is 0.786. The van der Waals surface area contributed by atoms with Gasteiger partial charge in [0.1, 0.15) is 5.78 Å². The van der Waals surface area contributed by atoms with E-state index in [0.29, 0.717) is 24.5 Å². The molecule has 0 heterocycles. The maximum absolute atomic E-state index is 11.1. The number of unbranched alkanes of at least 4 members (excludes halogenated alkanes) is 1. The van der Waals surface area contributed by atoms with Crippen molar-refractivity contribution in [3.05, 3.63) is 12.2 Å². The number of allylic oxidation sites excluding steroid dienone is 1. The molecule has 0 aromatic rings. The van der Waals surface area contributed by atoms with Gasteiger partial charge in [-0.25, -0.2) is 0 Å². The van der Waals surface area contributed by atoms with Crippen molar-refractivity contribution in [3.8, 4) is 0 Å². The van der Waals surface area contributed by atoms with E-state index in [1.54, 1.807) is 0 Å². The Kier molecular flexibility index (Phi) is 5.20. The van der Waals surface area contributed by atoms with Crippen LogP contribution in [0.3, 0.4) is 0 Å². The molecule has 0 aromatic carbocycles. The first-order valence-electron chi connectivity index (χ1n) is 6.44. The normalized spacial score (nSPS) is 25.2. The predicted molar refractivity (Wildman–Crippen MR) is 66.3 cm³/mol. The van der Waals surface area contributed by atoms with Crippen molar-refractivity contribution in [2.24, 2.45) is 5.92 Å². The third kappa shape index (κ3) is 4.93. The Bertz CT molecular complexity index is 253. The second-order valence-corrected chi connectivity index (χ2v) is 5.27. The lowest BCUT2D eigenvalue weighted by Crippen LogP contribution is -2.22. The van der Waals surface area contributed by atoms with Crippen LogP contribution in [0.1, 0.15) is 58.8 Å². The highest BCUT2D eigenvalue weighted by molar-refractivity contribution is 5.80. The summed E-state index contributed by atoms with van der Waals surface area (Å²) in [5.41, 5.74) is -0.574. The molecular formula is C14H24O2. The minimum Gasteiger partial charge on any atom is -0.390 e. The van der Waals surface area contributed by atoms with Crippen molar-refractivity contribution in [3.63, 3.8) is 0 Å². The Morgan fingerprint density at radius 2 is 2.31 bits per heavy atom. The SMILES string of the molecule is CCCC[C@](C)(O)C/C=C/C1CCC(=O)C1. The van der Waals surface area contributed by atoms with Crippen LogP contribution in [0.5, 0.6) is 0 Å². The second kappa shape index (κ2) is 6.19. The Balaban J connectivity index is 2.27. The summed E-state index contributed by atoms with van der Waals surface area (Å²) in [6.07, 6.45) is 10.4. The summed E-state index contributed by atoms with van der Waals surface area (Å²) in [6, 6.07) is 0. The molecule has 0 radical (unpaired) electrons. The minimum atomic E-state index is -0.574. The van der Waals surface area contributed by atoms with E-state index >= 15 is 0 Å². The molecule has 2 heteroatoms. The zero-order valence-corrected chi connectivity index (χ0v) is 10.5. The fourth-order valence-electron chi connectivity index (χ4n) is 2.18. The lowest BCUT2D eigenvalue weighted by molar-refractivity contribution is -0.117. The number of hydrogen-bond acceptors (Lipinski definition) is 2. The van der Waals surface area contributed by atoms with Crippen molar-refractivity contribution in [1.29, 1.82) is 0 Å². The highest BCUT2D eigenvalue weighted by Crippen LogP contribution is 2.24. The molecule has 1 N–H and O–H groups in total. The zero-order chi connectivity index (χ0) is 12.0. The van der Waals surface area contributed by atoms with Gasteiger partial charge in [0.15, 0.2) is 0 Å². The van der Waals surface area contributed by atoms with E-state index < -0.39 is 5.60 Å². The van der Waals surface area contributed by atoms with E-state index in [1.165, 1.54) is 0 Å². The molecule has 2 nitrogen and oxygen atoms in total. The van der Waals surface area contributed by atoms with E-state index in [0.717, 1.165) is 32.1 Å². The summed E-state index contributed by atoms with van der Waals surface area (Å²) < 4.78 is 0. The topological polar surface area (TPSA) is 37.3 Å². The third-order valence-electron chi connectivity index (χ3n) is 3.32. The van der Waals surface area contributed by atoms with Crippen molar-refractivity contribution in [1.82, 2.24) is 0 Å². The van der Waals surface area contributed by atoms with Crippen LogP contribution in [0.2, 0.25) is 0 Å². The first-order valence-corrected chi connectivity index (χ1v) is 6.44. The summed E-state index contributed by atoms with van der Waals surface area (Å²) in [5, 5.41) is 10.1. The van der Waals surface area contributed by atoms with Crippen molar-refractivity contribution >= 4 is 5.78 Å². The number of rotatable bonds is 6. The van der Waals surface area contributed by atoms with Crippen LogP contribution in [-0.4, -0.2) is 16.5 Å². The molecule has 1 unspecified atom stereocenters. The first-order chi connectivity index (χ1) is 7.53. The van der Waals surface area contributed by atoms with Gasteiger partial charge in [-0.05, 0) is 32.1 Å². The second-order valence-electron chi connectivity index (χ2n) is 5.27. The number of hydrogen-bond donors (Lipinski definition) is 1. The summed E-state index contributed by atoms with van der Waals surface area (Å²) in [5.74, 6) is 0.807. The summed E-state index contributed by atoms with van der Waals surface area (Å²) in [7, 11) is 0. The van der Waals surface area contributed by atoms with Crippen LogP contribution in [0.4, 0.5) is 0 Å². The molecule has 0 aromatic heterocycles. The largest absolute Gasteiger partial charge is 0.390 e. The quantitative estimate of drug-likeness (QED) is 0.703. The van der Waals surface area contributed by atoms with Gasteiger partial charge in [-0.1, -0.05) is 31.9 Å². The van der Waals surface area contributed by atoms with Gasteiger partial charge in [0.2, 0.25) is 0 Å². The molecule has 1 aliphatic rings. The average Bonchev–Trinajstić information content (AvgIpc) is 2.61. The highest BCUT2D eigenvalue weighted by atomic mass is 16.3. The molecule has 16 heavy (non-hydrogen) atoms. The maximum atomic E-state index is 11.1. The molecule has 2 atom stereocenters. The van der Waals surface area contributed by atoms with E-state index in [9.17, 15) is 9.90 Å². The van der Waals surface area contributed by atoms with Crippen LogP contribution in [0.15, 0.2) is 12.2 Å². The standard InChI is InChI=1S/C14H24O2/c1-3-4-9-14(2,16)10-5-6-12-7-8-13(15)11-12/h5-6,12,16H,3-4,7-11H2,1-2H3/b6-5+/t12?,14-/m0/s1. The number of carbonyl (C=O) groups excluding carboxylic acids is 1. The fourth-order valence-corrected chi connectivity index (χ4v) is 2.18. The first kappa shape index (κ1) is 13.4. The molecule has 0 saturated heterocycles. The number of ketones is 1. The monoisotopic (exact) mass is 224 g/mol. The van der Waals surface area contributed by atoms with Gasteiger partial charge in [0.05, 0.1) is 5.60 Å². The smallest absolute Gasteiger partial charge is 0.133 e. The minimum absolute atomic E-state index is 0.382. The molecule has 1 saturated carbocycles. The van der Waals surface area contributed by atoms with Gasteiger partial charge in [-0.3, -0.25) is 4.79 Å². The molecular weight excluding hydrogens is 200 g/mol. The highest BCUT2D eigenvalue weighted by Gasteiger charge is 2.21. The number of carbonyl (C=O) groups is 1. The van der Waals surface area contributed by atoms with Crippen LogP contribution in [0, 0.1) is 5.92 Å². The summed E-state index contributed by atoms with van der Waals surface area (Å²) in [4.78, 5) is 11.1. The lowest BCUT2D eigenvalue weighted by Gasteiger charge is -2.21. The van der Waals surface area contributed by atoms with Crippen LogP contribution in [0.25, 0.3) is 0 Å². The van der Waals surface area contributed by atoms with Crippen molar-refractivity contribution in [2.75, 3.05) is 0 Å². The van der Waals surface area contributed by atoms with Gasteiger partial charge < -0.3 is 5.11 Å². The van der Waals surface area contributed by atoms with E-state index in [-0.39, 0.29) is 0 Å². The van der Waals surface area contributed by atoms with Crippen LogP contribution < -0.4 is 0 Å². The van der Waals surface area contributed by atoms with E-state index in [4.69, 9.17) is 0 Å². The van der Waals surface area contributed by atoms with Gasteiger partial charge in [-0.15, -0.1) is 0 Å². The average molecular weight is 224 g/mol. The van der Waals surface area contributed by atoms with Crippen LogP contribution >= 0.6 is 0 Å². The Morgan fingerprint density at radius 3 is 2.88 bits per heavy atom. The maximum Gasteiger partial charge on any atom is 0.133 e.